The molecule has 2 aromatic rings. The zero-order valence-corrected chi connectivity index (χ0v) is 15.9. The van der Waals surface area contributed by atoms with Crippen molar-refractivity contribution in [3.63, 3.8) is 0 Å². The summed E-state index contributed by atoms with van der Waals surface area (Å²) in [6.07, 6.45) is 2.34. The first-order chi connectivity index (χ1) is 13.0. The average molecular weight is 385 g/mol. The van der Waals surface area contributed by atoms with Crippen LogP contribution in [0.3, 0.4) is 0 Å². The number of rotatable bonds is 4. The van der Waals surface area contributed by atoms with Gasteiger partial charge < -0.3 is 10.1 Å². The lowest BCUT2D eigenvalue weighted by molar-refractivity contribution is -0.124. The normalized spacial score (nSPS) is 21.7. The van der Waals surface area contributed by atoms with Crippen molar-refractivity contribution in [1.82, 2.24) is 5.32 Å². The largest absolute Gasteiger partial charge is 0.493 e. The fourth-order valence-electron chi connectivity index (χ4n) is 3.83. The maximum Gasteiger partial charge on any atom is 0.224 e. The van der Waals surface area contributed by atoms with Gasteiger partial charge in [0.15, 0.2) is 9.84 Å². The standard InChI is InChI=1S/C21H23NO4S/c23-21(18-10-12-27(24,25)14-18)22-20(15-5-2-1-3-6-15)17-8-9-19-16(13-17)7-4-11-26-19/h1-3,5-6,8-9,13,18,20H,4,7,10-12,14H2,(H,22,23)/t18-,20-/m0/s1. The molecule has 0 unspecified atom stereocenters. The van der Waals surface area contributed by atoms with Crippen molar-refractivity contribution in [3.05, 3.63) is 65.2 Å². The fourth-order valence-corrected chi connectivity index (χ4v) is 5.57. The molecule has 5 nitrogen and oxygen atoms in total. The summed E-state index contributed by atoms with van der Waals surface area (Å²) in [6.45, 7) is 0.737. The van der Waals surface area contributed by atoms with Crippen molar-refractivity contribution in [2.45, 2.75) is 25.3 Å². The quantitative estimate of drug-likeness (QED) is 0.878. The molecule has 2 atom stereocenters. The zero-order chi connectivity index (χ0) is 18.9. The fraction of sp³-hybridized carbons (Fsp3) is 0.381. The first-order valence-electron chi connectivity index (χ1n) is 9.33. The van der Waals surface area contributed by atoms with Crippen LogP contribution in [0.1, 0.15) is 35.6 Å². The van der Waals surface area contributed by atoms with Gasteiger partial charge in [-0.3, -0.25) is 4.79 Å². The summed E-state index contributed by atoms with van der Waals surface area (Å²) >= 11 is 0. The highest BCUT2D eigenvalue weighted by Gasteiger charge is 2.34. The highest BCUT2D eigenvalue weighted by Crippen LogP contribution is 2.31. The molecule has 0 radical (unpaired) electrons. The molecule has 2 aliphatic heterocycles. The van der Waals surface area contributed by atoms with Crippen LogP contribution in [0.25, 0.3) is 0 Å². The summed E-state index contributed by atoms with van der Waals surface area (Å²) in [5, 5.41) is 3.09. The maximum absolute atomic E-state index is 12.8. The van der Waals surface area contributed by atoms with Crippen LogP contribution >= 0.6 is 0 Å². The number of sulfone groups is 1. The van der Waals surface area contributed by atoms with Crippen LogP contribution in [0.2, 0.25) is 0 Å². The molecule has 0 aromatic heterocycles. The molecule has 2 aliphatic rings. The number of fused-ring (bicyclic) bond motifs is 1. The molecule has 1 fully saturated rings. The third-order valence-corrected chi connectivity index (χ3v) is 7.06. The van der Waals surface area contributed by atoms with Gasteiger partial charge >= 0.3 is 0 Å². The summed E-state index contributed by atoms with van der Waals surface area (Å²) in [6, 6.07) is 15.5. The number of carbonyl (C=O) groups is 1. The lowest BCUT2D eigenvalue weighted by Gasteiger charge is -2.24. The Morgan fingerprint density at radius 3 is 2.67 bits per heavy atom. The molecule has 6 heteroatoms. The summed E-state index contributed by atoms with van der Waals surface area (Å²) in [7, 11) is -3.09. The van der Waals surface area contributed by atoms with E-state index in [1.165, 1.54) is 0 Å². The number of aryl methyl sites for hydroxylation is 1. The van der Waals surface area contributed by atoms with Crippen LogP contribution in [-0.2, 0) is 21.1 Å². The van der Waals surface area contributed by atoms with Crippen LogP contribution in [0, 0.1) is 5.92 Å². The summed E-state index contributed by atoms with van der Waals surface area (Å²) in [5.41, 5.74) is 3.11. The highest BCUT2D eigenvalue weighted by atomic mass is 32.2. The first kappa shape index (κ1) is 18.0. The molecule has 1 amide bonds. The van der Waals surface area contributed by atoms with Crippen LogP contribution in [-0.4, -0.2) is 32.4 Å². The van der Waals surface area contributed by atoms with Crippen molar-refractivity contribution in [2.24, 2.45) is 5.92 Å². The molecule has 27 heavy (non-hydrogen) atoms. The molecule has 142 valence electrons. The van der Waals surface area contributed by atoms with E-state index >= 15 is 0 Å². The van der Waals surface area contributed by atoms with E-state index in [2.05, 4.69) is 11.4 Å². The topological polar surface area (TPSA) is 72.5 Å². The maximum atomic E-state index is 12.8. The van der Waals surface area contributed by atoms with Gasteiger partial charge in [-0.25, -0.2) is 8.42 Å². The Hall–Kier alpha value is -2.34. The van der Waals surface area contributed by atoms with Crippen LogP contribution in [0.4, 0.5) is 0 Å². The van der Waals surface area contributed by atoms with Crippen molar-refractivity contribution < 1.29 is 17.9 Å². The Morgan fingerprint density at radius 1 is 1.11 bits per heavy atom. The number of carbonyl (C=O) groups excluding carboxylic acids is 1. The van der Waals surface area contributed by atoms with Gasteiger partial charge in [0.2, 0.25) is 5.91 Å². The van der Waals surface area contributed by atoms with E-state index in [0.717, 1.165) is 41.9 Å². The van der Waals surface area contributed by atoms with Gasteiger partial charge in [0, 0.05) is 0 Å². The number of hydrogen-bond donors (Lipinski definition) is 1. The van der Waals surface area contributed by atoms with E-state index in [-0.39, 0.29) is 23.5 Å². The lowest BCUT2D eigenvalue weighted by Crippen LogP contribution is -2.35. The minimum absolute atomic E-state index is 0.0572. The van der Waals surface area contributed by atoms with E-state index in [9.17, 15) is 13.2 Å². The predicted octanol–water partition coefficient (Wildman–Crippen LogP) is 2.65. The molecule has 1 N–H and O–H groups in total. The first-order valence-corrected chi connectivity index (χ1v) is 11.2. The second-order valence-electron chi connectivity index (χ2n) is 7.27. The SMILES string of the molecule is O=C(N[C@@H](c1ccccc1)c1ccc2c(c1)CCCO2)[C@H]1CCS(=O)(=O)C1. The Kier molecular flexibility index (Phi) is 4.91. The molecule has 1 saturated heterocycles. The summed E-state index contributed by atoms with van der Waals surface area (Å²) in [5.74, 6) is 0.279. The van der Waals surface area contributed by atoms with Crippen LogP contribution in [0.5, 0.6) is 5.75 Å². The molecular weight excluding hydrogens is 362 g/mol. The zero-order valence-electron chi connectivity index (χ0n) is 15.1. The molecule has 2 aromatic carbocycles. The van der Waals surface area contributed by atoms with Gasteiger partial charge in [-0.05, 0) is 48.1 Å². The van der Waals surface area contributed by atoms with Gasteiger partial charge in [0.1, 0.15) is 5.75 Å². The minimum Gasteiger partial charge on any atom is -0.493 e. The van der Waals surface area contributed by atoms with Gasteiger partial charge in [0.05, 0.1) is 30.1 Å². The second kappa shape index (κ2) is 7.35. The van der Waals surface area contributed by atoms with Crippen LogP contribution in [0.15, 0.2) is 48.5 Å². The molecule has 0 aliphatic carbocycles. The molecule has 4 rings (SSSR count). The van der Waals surface area contributed by atoms with E-state index in [1.54, 1.807) is 0 Å². The Balaban J connectivity index is 1.63. The third kappa shape index (κ3) is 4.00. The van der Waals surface area contributed by atoms with Gasteiger partial charge in [-0.1, -0.05) is 36.4 Å². The van der Waals surface area contributed by atoms with E-state index < -0.39 is 15.8 Å². The van der Waals surface area contributed by atoms with Crippen LogP contribution < -0.4 is 10.1 Å². The Bertz CT molecular complexity index is 940. The van der Waals surface area contributed by atoms with E-state index in [1.807, 2.05) is 42.5 Å². The monoisotopic (exact) mass is 385 g/mol. The number of ether oxygens (including phenoxy) is 1. The average Bonchev–Trinajstić information content (AvgIpc) is 3.06. The molecular formula is C21H23NO4S. The number of benzene rings is 2. The van der Waals surface area contributed by atoms with Crippen molar-refractivity contribution in [1.29, 1.82) is 0 Å². The lowest BCUT2D eigenvalue weighted by atomic mass is 9.94. The summed E-state index contributed by atoms with van der Waals surface area (Å²) in [4.78, 5) is 12.8. The molecule has 0 spiro atoms. The molecule has 2 heterocycles. The number of amides is 1. The van der Waals surface area contributed by atoms with Gasteiger partial charge in [-0.15, -0.1) is 0 Å². The van der Waals surface area contributed by atoms with Crippen molar-refractivity contribution in [3.8, 4) is 5.75 Å². The Labute approximate surface area is 159 Å². The van der Waals surface area contributed by atoms with Gasteiger partial charge in [-0.2, -0.15) is 0 Å². The third-order valence-electron chi connectivity index (χ3n) is 5.29. The highest BCUT2D eigenvalue weighted by molar-refractivity contribution is 7.91. The number of hydrogen-bond acceptors (Lipinski definition) is 4. The number of nitrogens with one attached hydrogen (secondary N) is 1. The van der Waals surface area contributed by atoms with Crippen molar-refractivity contribution >= 4 is 15.7 Å². The minimum atomic E-state index is -3.09. The Morgan fingerprint density at radius 2 is 1.93 bits per heavy atom. The second-order valence-corrected chi connectivity index (χ2v) is 9.50. The smallest absolute Gasteiger partial charge is 0.224 e. The van der Waals surface area contributed by atoms with E-state index in [0.29, 0.717) is 6.42 Å². The van der Waals surface area contributed by atoms with Gasteiger partial charge in [0.25, 0.3) is 0 Å². The van der Waals surface area contributed by atoms with E-state index in [4.69, 9.17) is 4.74 Å². The van der Waals surface area contributed by atoms with Crippen molar-refractivity contribution in [2.75, 3.05) is 18.1 Å². The summed E-state index contributed by atoms with van der Waals surface area (Å²) < 4.78 is 29.2. The predicted molar refractivity (Wildman–Crippen MR) is 103 cm³/mol. The molecule has 0 saturated carbocycles. The molecule has 0 bridgehead atoms.